The predicted octanol–water partition coefficient (Wildman–Crippen LogP) is 4.71. The number of hydrogen-bond donors (Lipinski definition) is 0. The van der Waals surface area contributed by atoms with Crippen LogP contribution in [0.25, 0.3) is 23.3 Å². The maximum absolute atomic E-state index is 5.89. The van der Waals surface area contributed by atoms with E-state index in [4.69, 9.17) is 16.0 Å². The second-order valence-corrected chi connectivity index (χ2v) is 4.93. The molecule has 0 amide bonds. The summed E-state index contributed by atoms with van der Waals surface area (Å²) in [5.74, 6) is 0.593. The van der Waals surface area contributed by atoms with Gasteiger partial charge in [0.25, 0.3) is 0 Å². The smallest absolute Gasteiger partial charge is 0.220 e. The molecule has 2 aromatic heterocycles. The average Bonchev–Trinajstić information content (AvgIpc) is 2.94. The van der Waals surface area contributed by atoms with Gasteiger partial charge in [-0.05, 0) is 35.7 Å². The summed E-state index contributed by atoms with van der Waals surface area (Å²) in [6, 6.07) is 9.47. The molecule has 0 unspecified atom stereocenters. The highest BCUT2D eigenvalue weighted by Crippen LogP contribution is 2.21. The van der Waals surface area contributed by atoms with Gasteiger partial charge in [-0.15, -0.1) is 11.3 Å². The number of fused-ring (bicyclic) bond motifs is 1. The fourth-order valence-electron chi connectivity index (χ4n) is 1.53. The lowest BCUT2D eigenvalue weighted by Crippen LogP contribution is -1.69. The topological polar surface area (TPSA) is 26.0 Å². The number of halogens is 1. The van der Waals surface area contributed by atoms with E-state index in [9.17, 15) is 0 Å². The van der Waals surface area contributed by atoms with Crippen LogP contribution in [0.5, 0.6) is 0 Å². The third-order valence-electron chi connectivity index (χ3n) is 2.30. The van der Waals surface area contributed by atoms with E-state index < -0.39 is 0 Å². The summed E-state index contributed by atoms with van der Waals surface area (Å²) in [4.78, 5) is 5.51. The first-order chi connectivity index (χ1) is 8.31. The number of oxazole rings is 1. The number of hydrogen-bond acceptors (Lipinski definition) is 3. The summed E-state index contributed by atoms with van der Waals surface area (Å²) in [5.41, 5.74) is 1.53. The number of thiophene rings is 1. The van der Waals surface area contributed by atoms with Crippen molar-refractivity contribution in [3.63, 3.8) is 0 Å². The van der Waals surface area contributed by atoms with Crippen LogP contribution in [0.4, 0.5) is 0 Å². The largest absolute Gasteiger partial charge is 0.437 e. The zero-order valence-electron chi connectivity index (χ0n) is 8.76. The maximum atomic E-state index is 5.89. The first-order valence-corrected chi connectivity index (χ1v) is 6.35. The fourth-order valence-corrected chi connectivity index (χ4v) is 2.31. The van der Waals surface area contributed by atoms with Crippen molar-refractivity contribution in [2.45, 2.75) is 0 Å². The lowest BCUT2D eigenvalue weighted by Gasteiger charge is -1.85. The molecule has 0 aliphatic heterocycles. The standard InChI is InChI=1S/C13H8ClNOS/c14-9-3-5-12-11(8-9)15-13(16-12)6-4-10-2-1-7-17-10/h1-8H/b6-4+. The van der Waals surface area contributed by atoms with Crippen molar-refractivity contribution in [1.29, 1.82) is 0 Å². The van der Waals surface area contributed by atoms with Crippen molar-refractivity contribution in [1.82, 2.24) is 4.98 Å². The minimum atomic E-state index is 0.593. The van der Waals surface area contributed by atoms with E-state index >= 15 is 0 Å². The molecule has 0 saturated heterocycles. The van der Waals surface area contributed by atoms with Crippen LogP contribution in [-0.2, 0) is 0 Å². The van der Waals surface area contributed by atoms with Crippen molar-refractivity contribution < 1.29 is 4.42 Å². The van der Waals surface area contributed by atoms with Crippen LogP contribution in [0.1, 0.15) is 10.8 Å². The van der Waals surface area contributed by atoms with Crippen molar-refractivity contribution in [3.05, 3.63) is 51.5 Å². The summed E-state index contributed by atoms with van der Waals surface area (Å²) in [6.45, 7) is 0. The Bertz CT molecular complexity index is 670. The van der Waals surface area contributed by atoms with Crippen molar-refractivity contribution in [2.24, 2.45) is 0 Å². The van der Waals surface area contributed by atoms with Crippen LogP contribution in [0, 0.1) is 0 Å². The first kappa shape index (κ1) is 10.6. The highest BCUT2D eigenvalue weighted by Gasteiger charge is 2.03. The third-order valence-corrected chi connectivity index (χ3v) is 3.37. The third kappa shape index (κ3) is 2.25. The Kier molecular flexibility index (Phi) is 2.71. The lowest BCUT2D eigenvalue weighted by molar-refractivity contribution is 0.590. The molecular formula is C13H8ClNOS. The SMILES string of the molecule is Clc1ccc2oc(/C=C/c3cccs3)nc2c1. The molecule has 0 N–H and O–H groups in total. The van der Waals surface area contributed by atoms with Gasteiger partial charge in [-0.3, -0.25) is 0 Å². The van der Waals surface area contributed by atoms with E-state index in [1.165, 1.54) is 4.88 Å². The highest BCUT2D eigenvalue weighted by molar-refractivity contribution is 7.10. The van der Waals surface area contributed by atoms with E-state index in [1.807, 2.05) is 35.7 Å². The summed E-state index contributed by atoms with van der Waals surface area (Å²) < 4.78 is 5.57. The molecule has 0 aliphatic rings. The quantitative estimate of drug-likeness (QED) is 0.667. The van der Waals surface area contributed by atoms with Gasteiger partial charge in [-0.2, -0.15) is 0 Å². The molecule has 0 aliphatic carbocycles. The Morgan fingerprint density at radius 1 is 1.24 bits per heavy atom. The van der Waals surface area contributed by atoms with Crippen molar-refractivity contribution >= 4 is 46.2 Å². The van der Waals surface area contributed by atoms with E-state index in [2.05, 4.69) is 4.98 Å². The van der Waals surface area contributed by atoms with Crippen LogP contribution >= 0.6 is 22.9 Å². The summed E-state index contributed by atoms with van der Waals surface area (Å²) in [7, 11) is 0. The van der Waals surface area contributed by atoms with Gasteiger partial charge >= 0.3 is 0 Å². The molecule has 0 bridgehead atoms. The number of nitrogens with zero attached hydrogens (tertiary/aromatic N) is 1. The summed E-state index contributed by atoms with van der Waals surface area (Å²) in [6.07, 6.45) is 3.84. The van der Waals surface area contributed by atoms with E-state index in [0.29, 0.717) is 10.9 Å². The van der Waals surface area contributed by atoms with E-state index in [0.717, 1.165) is 11.1 Å². The second kappa shape index (κ2) is 4.35. The molecule has 2 heterocycles. The van der Waals surface area contributed by atoms with Crippen LogP contribution in [0.3, 0.4) is 0 Å². The number of aromatic nitrogens is 1. The molecule has 0 spiro atoms. The molecule has 17 heavy (non-hydrogen) atoms. The van der Waals surface area contributed by atoms with Gasteiger partial charge in [0.05, 0.1) is 0 Å². The summed E-state index contributed by atoms with van der Waals surface area (Å²) in [5, 5.41) is 2.70. The Balaban J connectivity index is 1.96. The summed E-state index contributed by atoms with van der Waals surface area (Å²) >= 11 is 7.56. The molecule has 4 heteroatoms. The second-order valence-electron chi connectivity index (χ2n) is 3.51. The fraction of sp³-hybridized carbons (Fsp3) is 0. The van der Waals surface area contributed by atoms with Gasteiger partial charge in [0.1, 0.15) is 5.52 Å². The Hall–Kier alpha value is -1.58. The van der Waals surface area contributed by atoms with E-state index in [-0.39, 0.29) is 0 Å². The van der Waals surface area contributed by atoms with Gasteiger partial charge in [0.2, 0.25) is 5.89 Å². The van der Waals surface area contributed by atoms with Gasteiger partial charge in [-0.25, -0.2) is 4.98 Å². The Morgan fingerprint density at radius 3 is 3.00 bits per heavy atom. The molecular weight excluding hydrogens is 254 g/mol. The van der Waals surface area contributed by atoms with Crippen molar-refractivity contribution in [2.75, 3.05) is 0 Å². The van der Waals surface area contributed by atoms with Gasteiger partial charge in [0, 0.05) is 16.0 Å². The highest BCUT2D eigenvalue weighted by atomic mass is 35.5. The number of rotatable bonds is 2. The lowest BCUT2D eigenvalue weighted by atomic mass is 10.3. The molecule has 0 radical (unpaired) electrons. The normalized spacial score (nSPS) is 11.6. The molecule has 1 aromatic carbocycles. The molecule has 3 aromatic rings. The van der Waals surface area contributed by atoms with Crippen LogP contribution < -0.4 is 0 Å². The zero-order valence-corrected chi connectivity index (χ0v) is 10.3. The van der Waals surface area contributed by atoms with Gasteiger partial charge in [-0.1, -0.05) is 17.7 Å². The van der Waals surface area contributed by atoms with Crippen molar-refractivity contribution in [3.8, 4) is 0 Å². The van der Waals surface area contributed by atoms with Crippen LogP contribution in [-0.4, -0.2) is 4.98 Å². The monoisotopic (exact) mass is 261 g/mol. The predicted molar refractivity (Wildman–Crippen MR) is 72.3 cm³/mol. The number of benzene rings is 1. The Labute approximate surface area is 107 Å². The van der Waals surface area contributed by atoms with Gasteiger partial charge < -0.3 is 4.42 Å². The maximum Gasteiger partial charge on any atom is 0.220 e. The molecule has 2 nitrogen and oxygen atoms in total. The first-order valence-electron chi connectivity index (χ1n) is 5.09. The van der Waals surface area contributed by atoms with E-state index in [1.54, 1.807) is 23.5 Å². The molecule has 0 saturated carbocycles. The molecule has 0 atom stereocenters. The Morgan fingerprint density at radius 2 is 2.18 bits per heavy atom. The molecule has 0 fully saturated rings. The zero-order chi connectivity index (χ0) is 11.7. The molecule has 3 rings (SSSR count). The van der Waals surface area contributed by atoms with Crippen LogP contribution in [0.15, 0.2) is 40.1 Å². The molecule has 84 valence electrons. The van der Waals surface area contributed by atoms with Crippen LogP contribution in [0.2, 0.25) is 5.02 Å². The minimum Gasteiger partial charge on any atom is -0.437 e. The average molecular weight is 262 g/mol. The minimum absolute atomic E-state index is 0.593. The van der Waals surface area contributed by atoms with Gasteiger partial charge in [0.15, 0.2) is 5.58 Å².